The first-order chi connectivity index (χ1) is 10.1. The first-order valence-electron chi connectivity index (χ1n) is 7.67. The highest BCUT2D eigenvalue weighted by Crippen LogP contribution is 2.47. The highest BCUT2D eigenvalue weighted by molar-refractivity contribution is 6.42. The fraction of sp³-hybridized carbons (Fsp3) is 0.625. The van der Waals surface area contributed by atoms with E-state index in [-0.39, 0.29) is 11.5 Å². The van der Waals surface area contributed by atoms with Gasteiger partial charge in [-0.3, -0.25) is 0 Å². The maximum absolute atomic E-state index is 10.8. The van der Waals surface area contributed by atoms with Crippen LogP contribution < -0.4 is 4.90 Å². The van der Waals surface area contributed by atoms with E-state index in [9.17, 15) is 5.11 Å². The number of hydrogen-bond donors (Lipinski definition) is 2. The molecule has 0 bridgehead atoms. The van der Waals surface area contributed by atoms with Gasteiger partial charge in [-0.2, -0.15) is 0 Å². The number of aliphatic hydroxyl groups is 1. The normalized spacial score (nSPS) is 23.6. The summed E-state index contributed by atoms with van der Waals surface area (Å²) in [5.41, 5.74) is 0.989. The molecule has 1 heterocycles. The average molecular weight is 331 g/mol. The largest absolute Gasteiger partial charge is 0.386 e. The molecule has 116 valence electrons. The molecule has 1 aliphatic heterocycles. The minimum absolute atomic E-state index is 0.139. The first-order valence-corrected chi connectivity index (χ1v) is 8.42. The Hall–Kier alpha value is -0.320. The number of aliphatic hydroxyl groups excluding tert-OH is 1. The van der Waals surface area contributed by atoms with Crippen LogP contribution in [0.4, 0.5) is 0 Å². The second-order valence-corrected chi connectivity index (χ2v) is 7.04. The molecular weight excluding hydrogens is 309 g/mol. The summed E-state index contributed by atoms with van der Waals surface area (Å²) in [5.74, 6) is 0. The molecule has 1 atom stereocenters. The van der Waals surface area contributed by atoms with Gasteiger partial charge in [0.25, 0.3) is 0 Å². The zero-order chi connectivity index (χ0) is 14.9. The molecule has 2 aliphatic rings. The third-order valence-electron chi connectivity index (χ3n) is 5.06. The molecular formula is C16H22Cl2NO2+. The monoisotopic (exact) mass is 330 g/mol. The predicted molar refractivity (Wildman–Crippen MR) is 84.4 cm³/mol. The summed E-state index contributed by atoms with van der Waals surface area (Å²) in [4.78, 5) is 1.43. The Bertz CT molecular complexity index is 499. The van der Waals surface area contributed by atoms with Gasteiger partial charge < -0.3 is 14.7 Å². The van der Waals surface area contributed by atoms with Crippen LogP contribution in [0.3, 0.4) is 0 Å². The van der Waals surface area contributed by atoms with Gasteiger partial charge in [-0.25, -0.2) is 0 Å². The highest BCUT2D eigenvalue weighted by Gasteiger charge is 2.46. The van der Waals surface area contributed by atoms with Crippen molar-refractivity contribution in [2.75, 3.05) is 32.8 Å². The standard InChI is InChI=1S/C16H21Cl2NO2/c17-13-3-2-12(10-14(13)18)16(4-1-5-16)15(20)11-19-6-8-21-9-7-19/h2-3,10,15,20H,1,4-9,11H2/p+1. The molecule has 2 N–H and O–H groups in total. The van der Waals surface area contributed by atoms with Crippen molar-refractivity contribution < 1.29 is 14.7 Å². The van der Waals surface area contributed by atoms with Crippen molar-refractivity contribution in [3.63, 3.8) is 0 Å². The third kappa shape index (κ3) is 3.08. The average Bonchev–Trinajstić information content (AvgIpc) is 2.42. The summed E-state index contributed by atoms with van der Waals surface area (Å²) in [7, 11) is 0. The van der Waals surface area contributed by atoms with Crippen molar-refractivity contribution in [3.8, 4) is 0 Å². The van der Waals surface area contributed by atoms with Crippen LogP contribution in [-0.4, -0.2) is 44.1 Å². The summed E-state index contributed by atoms with van der Waals surface area (Å²) < 4.78 is 5.39. The number of benzene rings is 1. The van der Waals surface area contributed by atoms with E-state index in [1.165, 1.54) is 4.90 Å². The fourth-order valence-corrected chi connectivity index (χ4v) is 3.81. The van der Waals surface area contributed by atoms with Crippen LogP contribution in [0, 0.1) is 0 Å². The molecule has 1 saturated heterocycles. The van der Waals surface area contributed by atoms with Gasteiger partial charge in [0.2, 0.25) is 0 Å². The summed E-state index contributed by atoms with van der Waals surface area (Å²) >= 11 is 12.2. The van der Waals surface area contributed by atoms with Crippen LogP contribution in [0.2, 0.25) is 10.0 Å². The first kappa shape index (κ1) is 15.6. The van der Waals surface area contributed by atoms with E-state index in [4.69, 9.17) is 27.9 Å². The summed E-state index contributed by atoms with van der Waals surface area (Å²) in [6.07, 6.45) is 2.87. The molecule has 0 amide bonds. The quantitative estimate of drug-likeness (QED) is 0.880. The van der Waals surface area contributed by atoms with E-state index in [1.807, 2.05) is 18.2 Å². The van der Waals surface area contributed by atoms with Crippen LogP contribution in [0.1, 0.15) is 24.8 Å². The molecule has 3 rings (SSSR count). The zero-order valence-electron chi connectivity index (χ0n) is 12.1. The van der Waals surface area contributed by atoms with Gasteiger partial charge in [0, 0.05) is 5.41 Å². The minimum atomic E-state index is -0.336. The third-order valence-corrected chi connectivity index (χ3v) is 5.80. The van der Waals surface area contributed by atoms with Crippen molar-refractivity contribution in [3.05, 3.63) is 33.8 Å². The van der Waals surface area contributed by atoms with Crippen molar-refractivity contribution in [1.29, 1.82) is 0 Å². The molecule has 1 aromatic carbocycles. The van der Waals surface area contributed by atoms with Crippen molar-refractivity contribution in [2.24, 2.45) is 0 Å². The summed E-state index contributed by atoms with van der Waals surface area (Å²) in [6, 6.07) is 5.79. The summed E-state index contributed by atoms with van der Waals surface area (Å²) in [6.45, 7) is 4.33. The van der Waals surface area contributed by atoms with E-state index in [2.05, 4.69) is 0 Å². The molecule has 0 radical (unpaired) electrons. The van der Waals surface area contributed by atoms with E-state index in [1.54, 1.807) is 0 Å². The summed E-state index contributed by atoms with van der Waals surface area (Å²) in [5, 5.41) is 12.0. The zero-order valence-corrected chi connectivity index (χ0v) is 13.6. The number of hydrogen-bond acceptors (Lipinski definition) is 2. The van der Waals surface area contributed by atoms with Gasteiger partial charge in [0.1, 0.15) is 25.7 Å². The molecule has 21 heavy (non-hydrogen) atoms. The Morgan fingerprint density at radius 2 is 1.90 bits per heavy atom. The fourth-order valence-electron chi connectivity index (χ4n) is 3.51. The lowest BCUT2D eigenvalue weighted by Gasteiger charge is -2.46. The maximum atomic E-state index is 10.8. The molecule has 0 aromatic heterocycles. The predicted octanol–water partition coefficient (Wildman–Crippen LogP) is 1.69. The Morgan fingerprint density at radius 3 is 2.48 bits per heavy atom. The number of nitrogens with one attached hydrogen (secondary N) is 1. The Labute approximate surface area is 135 Å². The molecule has 5 heteroatoms. The second-order valence-electron chi connectivity index (χ2n) is 6.22. The van der Waals surface area contributed by atoms with Crippen LogP contribution in [-0.2, 0) is 10.2 Å². The Morgan fingerprint density at radius 1 is 1.19 bits per heavy atom. The van der Waals surface area contributed by atoms with E-state index in [0.717, 1.165) is 57.7 Å². The van der Waals surface area contributed by atoms with E-state index < -0.39 is 0 Å². The molecule has 1 unspecified atom stereocenters. The number of rotatable bonds is 4. The Balaban J connectivity index is 1.76. The minimum Gasteiger partial charge on any atom is -0.386 e. The molecule has 1 aliphatic carbocycles. The van der Waals surface area contributed by atoms with Gasteiger partial charge in [-0.1, -0.05) is 35.7 Å². The molecule has 0 spiro atoms. The van der Waals surface area contributed by atoms with Crippen molar-refractivity contribution in [2.45, 2.75) is 30.8 Å². The van der Waals surface area contributed by atoms with Crippen molar-refractivity contribution >= 4 is 23.2 Å². The van der Waals surface area contributed by atoms with Crippen LogP contribution >= 0.6 is 23.2 Å². The van der Waals surface area contributed by atoms with Crippen molar-refractivity contribution in [1.82, 2.24) is 0 Å². The van der Waals surface area contributed by atoms with Gasteiger partial charge in [-0.15, -0.1) is 0 Å². The lowest BCUT2D eigenvalue weighted by Crippen LogP contribution is -3.15. The van der Waals surface area contributed by atoms with E-state index >= 15 is 0 Å². The lowest BCUT2D eigenvalue weighted by molar-refractivity contribution is -0.911. The van der Waals surface area contributed by atoms with Gasteiger partial charge in [0.15, 0.2) is 0 Å². The number of halogens is 2. The SMILES string of the molecule is OC(C[NH+]1CCOCC1)C1(c2ccc(Cl)c(Cl)c2)CCC1. The van der Waals surface area contributed by atoms with Crippen LogP contribution in [0.5, 0.6) is 0 Å². The molecule has 1 saturated carbocycles. The van der Waals surface area contributed by atoms with Gasteiger partial charge in [-0.05, 0) is 30.5 Å². The molecule has 3 nitrogen and oxygen atoms in total. The van der Waals surface area contributed by atoms with E-state index in [0.29, 0.717) is 10.0 Å². The second kappa shape index (κ2) is 6.43. The molecule has 2 fully saturated rings. The van der Waals surface area contributed by atoms with Crippen LogP contribution in [0.25, 0.3) is 0 Å². The number of morpholine rings is 1. The van der Waals surface area contributed by atoms with Gasteiger partial charge in [0.05, 0.1) is 23.3 Å². The highest BCUT2D eigenvalue weighted by atomic mass is 35.5. The number of quaternary nitrogens is 1. The number of ether oxygens (including phenoxy) is 1. The smallest absolute Gasteiger partial charge is 0.112 e. The topological polar surface area (TPSA) is 33.9 Å². The lowest BCUT2D eigenvalue weighted by atomic mass is 9.61. The van der Waals surface area contributed by atoms with Crippen LogP contribution in [0.15, 0.2) is 18.2 Å². The maximum Gasteiger partial charge on any atom is 0.112 e. The van der Waals surface area contributed by atoms with Gasteiger partial charge >= 0.3 is 0 Å². The Kier molecular flexibility index (Phi) is 4.77. The molecule has 1 aromatic rings.